The lowest BCUT2D eigenvalue weighted by Crippen LogP contribution is -2.35. The molecule has 2 heterocycles. The van der Waals surface area contributed by atoms with Gasteiger partial charge in [-0.15, -0.1) is 0 Å². The number of carbonyl (C=O) groups is 1. The molecule has 0 spiro atoms. The SMILES string of the molecule is CCCCOc1nc(N)c2[nH]c(=O)n(CCCCN(CCOC)S(=O)(=O)c3cccc(CC(=O)OC)c3)c2n1. The van der Waals surface area contributed by atoms with Crippen LogP contribution >= 0.6 is 0 Å². The Morgan fingerprint density at radius 2 is 1.92 bits per heavy atom. The molecule has 14 heteroatoms. The molecular formula is C25H36N6O7S. The second-order valence-electron chi connectivity index (χ2n) is 8.88. The van der Waals surface area contributed by atoms with E-state index in [-0.39, 0.29) is 55.1 Å². The van der Waals surface area contributed by atoms with Gasteiger partial charge in [0.15, 0.2) is 11.5 Å². The number of unbranched alkanes of at least 4 members (excludes halogenated alkanes) is 2. The summed E-state index contributed by atoms with van der Waals surface area (Å²) in [4.78, 5) is 35.5. The molecule has 0 saturated heterocycles. The highest BCUT2D eigenvalue weighted by Crippen LogP contribution is 2.20. The molecule has 3 aromatic rings. The van der Waals surface area contributed by atoms with E-state index in [4.69, 9.17) is 15.2 Å². The molecule has 13 nitrogen and oxygen atoms in total. The molecule has 0 bridgehead atoms. The van der Waals surface area contributed by atoms with E-state index in [0.717, 1.165) is 12.8 Å². The molecule has 0 amide bonds. The number of nitrogen functional groups attached to an aromatic ring is 1. The van der Waals surface area contributed by atoms with Crippen LogP contribution in [0.15, 0.2) is 34.0 Å². The van der Waals surface area contributed by atoms with Crippen molar-refractivity contribution in [2.45, 2.75) is 50.5 Å². The maximum atomic E-state index is 13.4. The van der Waals surface area contributed by atoms with Gasteiger partial charge in [-0.2, -0.15) is 14.3 Å². The van der Waals surface area contributed by atoms with Crippen molar-refractivity contribution in [2.75, 3.05) is 46.3 Å². The Morgan fingerprint density at radius 3 is 2.64 bits per heavy atom. The standard InChI is InChI=1S/C25H36N6O7S/c1-4-5-14-38-24-28-22(26)21-23(29-24)31(25(33)27-21)12-7-6-11-30(13-15-36-2)39(34,35)19-10-8-9-18(16-19)17-20(32)37-3/h8-10,16H,4-7,11-15,17H2,1-3H3,(H,27,33)(H2,26,28,29). The van der Waals surface area contributed by atoms with Gasteiger partial charge in [0.1, 0.15) is 5.52 Å². The number of H-pyrrole nitrogens is 1. The number of ether oxygens (including phenoxy) is 3. The summed E-state index contributed by atoms with van der Waals surface area (Å²) < 4.78 is 45.0. The lowest BCUT2D eigenvalue weighted by atomic mass is 10.1. The number of sulfonamides is 1. The van der Waals surface area contributed by atoms with Crippen molar-refractivity contribution in [1.29, 1.82) is 0 Å². The van der Waals surface area contributed by atoms with Crippen LogP contribution in [0.25, 0.3) is 11.2 Å². The third-order valence-corrected chi connectivity index (χ3v) is 7.95. The number of carbonyl (C=O) groups excluding carboxylic acids is 1. The lowest BCUT2D eigenvalue weighted by Gasteiger charge is -2.22. The van der Waals surface area contributed by atoms with Gasteiger partial charge < -0.3 is 24.9 Å². The minimum atomic E-state index is -3.86. The van der Waals surface area contributed by atoms with Gasteiger partial charge >= 0.3 is 17.7 Å². The van der Waals surface area contributed by atoms with Crippen molar-refractivity contribution in [3.63, 3.8) is 0 Å². The van der Waals surface area contributed by atoms with Crippen LogP contribution in [0.1, 0.15) is 38.2 Å². The molecule has 39 heavy (non-hydrogen) atoms. The number of methoxy groups -OCH3 is 2. The number of benzene rings is 1. The van der Waals surface area contributed by atoms with Crippen LogP contribution < -0.4 is 16.2 Å². The molecular weight excluding hydrogens is 528 g/mol. The number of aryl methyl sites for hydroxylation is 1. The first-order valence-corrected chi connectivity index (χ1v) is 14.2. The van der Waals surface area contributed by atoms with Gasteiger partial charge in [-0.3, -0.25) is 9.36 Å². The number of hydrogen-bond acceptors (Lipinski definition) is 10. The number of aromatic nitrogens is 4. The number of nitrogens with one attached hydrogen (secondary N) is 1. The van der Waals surface area contributed by atoms with Crippen molar-refractivity contribution in [3.05, 3.63) is 40.3 Å². The summed E-state index contributed by atoms with van der Waals surface area (Å²) in [5.74, 6) is -0.339. The highest BCUT2D eigenvalue weighted by Gasteiger charge is 2.24. The minimum Gasteiger partial charge on any atom is -0.469 e. The monoisotopic (exact) mass is 564 g/mol. The molecule has 0 aliphatic heterocycles. The molecule has 0 unspecified atom stereocenters. The average Bonchev–Trinajstić information content (AvgIpc) is 3.23. The zero-order valence-corrected chi connectivity index (χ0v) is 23.3. The van der Waals surface area contributed by atoms with Crippen LogP contribution in [0.4, 0.5) is 5.82 Å². The van der Waals surface area contributed by atoms with E-state index in [0.29, 0.717) is 36.2 Å². The number of esters is 1. The van der Waals surface area contributed by atoms with E-state index in [1.54, 1.807) is 12.1 Å². The fourth-order valence-corrected chi connectivity index (χ4v) is 5.45. The number of aromatic amines is 1. The Morgan fingerprint density at radius 1 is 1.13 bits per heavy atom. The number of imidazole rings is 1. The molecule has 0 radical (unpaired) electrons. The predicted octanol–water partition coefficient (Wildman–Crippen LogP) is 1.71. The number of anilines is 1. The number of hydrogen-bond donors (Lipinski definition) is 2. The smallest absolute Gasteiger partial charge is 0.327 e. The Bertz CT molecular complexity index is 1420. The molecule has 2 aromatic heterocycles. The lowest BCUT2D eigenvalue weighted by molar-refractivity contribution is -0.139. The third-order valence-electron chi connectivity index (χ3n) is 6.06. The van der Waals surface area contributed by atoms with Crippen molar-refractivity contribution in [1.82, 2.24) is 23.8 Å². The first kappa shape index (κ1) is 30.1. The summed E-state index contributed by atoms with van der Waals surface area (Å²) in [6, 6.07) is 6.34. The quantitative estimate of drug-likeness (QED) is 0.193. The second-order valence-corrected chi connectivity index (χ2v) is 10.8. The van der Waals surface area contributed by atoms with Crippen LogP contribution in [0, 0.1) is 0 Å². The summed E-state index contributed by atoms with van der Waals surface area (Å²) in [7, 11) is -1.09. The number of rotatable bonds is 16. The fraction of sp³-hybridized carbons (Fsp3) is 0.520. The average molecular weight is 565 g/mol. The molecule has 3 N–H and O–H groups in total. The van der Waals surface area contributed by atoms with Gasteiger partial charge in [0, 0.05) is 26.7 Å². The molecule has 1 aromatic carbocycles. The summed E-state index contributed by atoms with van der Waals surface area (Å²) in [5, 5.41) is 0. The first-order chi connectivity index (χ1) is 18.7. The topological polar surface area (TPSA) is 172 Å². The Labute approximate surface area is 227 Å². The summed E-state index contributed by atoms with van der Waals surface area (Å²) >= 11 is 0. The van der Waals surface area contributed by atoms with E-state index >= 15 is 0 Å². The molecule has 0 atom stereocenters. The van der Waals surface area contributed by atoms with Crippen LogP contribution in [0.3, 0.4) is 0 Å². The largest absolute Gasteiger partial charge is 0.469 e. The van der Waals surface area contributed by atoms with E-state index in [9.17, 15) is 18.0 Å². The highest BCUT2D eigenvalue weighted by molar-refractivity contribution is 7.89. The first-order valence-electron chi connectivity index (χ1n) is 12.7. The molecule has 3 rings (SSSR count). The van der Waals surface area contributed by atoms with Gasteiger partial charge in [0.2, 0.25) is 10.0 Å². The predicted molar refractivity (Wildman–Crippen MR) is 145 cm³/mol. The summed E-state index contributed by atoms with van der Waals surface area (Å²) in [5.41, 5.74) is 6.83. The van der Waals surface area contributed by atoms with Crippen LogP contribution in [-0.4, -0.2) is 78.7 Å². The van der Waals surface area contributed by atoms with Gasteiger partial charge in [0.25, 0.3) is 0 Å². The van der Waals surface area contributed by atoms with Crippen molar-refractivity contribution in [2.24, 2.45) is 0 Å². The van der Waals surface area contributed by atoms with Crippen LogP contribution in [0.2, 0.25) is 0 Å². The van der Waals surface area contributed by atoms with Crippen LogP contribution in [0.5, 0.6) is 6.01 Å². The van der Waals surface area contributed by atoms with E-state index < -0.39 is 16.0 Å². The maximum absolute atomic E-state index is 13.4. The Balaban J connectivity index is 1.72. The molecule has 0 aliphatic carbocycles. The summed E-state index contributed by atoms with van der Waals surface area (Å²) in [6.07, 6.45) is 2.70. The van der Waals surface area contributed by atoms with Gasteiger partial charge in [-0.1, -0.05) is 25.5 Å². The molecule has 0 saturated carbocycles. The van der Waals surface area contributed by atoms with E-state index in [2.05, 4.69) is 19.7 Å². The summed E-state index contributed by atoms with van der Waals surface area (Å²) in [6.45, 7) is 3.32. The third kappa shape index (κ3) is 7.77. The van der Waals surface area contributed by atoms with Crippen LogP contribution in [-0.2, 0) is 37.3 Å². The number of fused-ring (bicyclic) bond motifs is 1. The molecule has 0 fully saturated rings. The molecule has 0 aliphatic rings. The highest BCUT2D eigenvalue weighted by atomic mass is 32.2. The van der Waals surface area contributed by atoms with Gasteiger partial charge in [0.05, 0.1) is 31.6 Å². The number of nitrogens with two attached hydrogens (primary N) is 1. The maximum Gasteiger partial charge on any atom is 0.327 e. The Hall–Kier alpha value is -3.49. The Kier molecular flexibility index (Phi) is 10.8. The second kappa shape index (κ2) is 14.1. The fourth-order valence-electron chi connectivity index (χ4n) is 3.92. The van der Waals surface area contributed by atoms with Crippen molar-refractivity contribution < 1.29 is 27.4 Å². The zero-order chi connectivity index (χ0) is 28.4. The van der Waals surface area contributed by atoms with Crippen molar-refractivity contribution in [3.8, 4) is 6.01 Å². The normalized spacial score (nSPS) is 11.8. The minimum absolute atomic E-state index is 0.0310. The van der Waals surface area contributed by atoms with Crippen molar-refractivity contribution >= 4 is 33.0 Å². The van der Waals surface area contributed by atoms with Gasteiger partial charge in [-0.25, -0.2) is 13.2 Å². The number of nitrogens with zero attached hydrogens (tertiary/aromatic N) is 4. The van der Waals surface area contributed by atoms with E-state index in [1.165, 1.54) is 35.2 Å². The van der Waals surface area contributed by atoms with Gasteiger partial charge in [-0.05, 0) is 37.0 Å². The molecule has 214 valence electrons. The zero-order valence-electron chi connectivity index (χ0n) is 22.5. The van der Waals surface area contributed by atoms with E-state index in [1.807, 2.05) is 6.92 Å².